The smallest absolute Gasteiger partial charge is 0.228 e. The van der Waals surface area contributed by atoms with Gasteiger partial charge in [0.15, 0.2) is 0 Å². The van der Waals surface area contributed by atoms with Crippen molar-refractivity contribution in [3.63, 3.8) is 0 Å². The van der Waals surface area contributed by atoms with Gasteiger partial charge in [0.05, 0.1) is 29.8 Å². The number of benzene rings is 1. The molecule has 2 aliphatic heterocycles. The van der Waals surface area contributed by atoms with Crippen LogP contribution in [0.5, 0.6) is 0 Å². The SMILES string of the molecule is O=C(Nc1ccc(N2CCOCC2)c(Cl)c1)[C@@H]1CCNC1. The summed E-state index contributed by atoms with van der Waals surface area (Å²) in [5.74, 6) is 0.123. The minimum absolute atomic E-state index is 0.0581. The van der Waals surface area contributed by atoms with Crippen LogP contribution in [0.15, 0.2) is 18.2 Å². The molecule has 5 nitrogen and oxygen atoms in total. The number of hydrogen-bond donors (Lipinski definition) is 2. The Balaban J connectivity index is 1.67. The molecule has 1 atom stereocenters. The summed E-state index contributed by atoms with van der Waals surface area (Å²) in [5, 5.41) is 6.81. The topological polar surface area (TPSA) is 53.6 Å². The van der Waals surface area contributed by atoms with Crippen molar-refractivity contribution in [3.05, 3.63) is 23.2 Å². The van der Waals surface area contributed by atoms with Crippen LogP contribution >= 0.6 is 11.6 Å². The van der Waals surface area contributed by atoms with Crippen LogP contribution in [0.25, 0.3) is 0 Å². The monoisotopic (exact) mass is 309 g/mol. The lowest BCUT2D eigenvalue weighted by molar-refractivity contribution is -0.119. The Morgan fingerprint density at radius 1 is 1.38 bits per heavy atom. The van der Waals surface area contributed by atoms with E-state index in [1.807, 2.05) is 18.2 Å². The molecular formula is C15H20ClN3O2. The molecular weight excluding hydrogens is 290 g/mol. The number of nitrogens with zero attached hydrogens (tertiary/aromatic N) is 1. The highest BCUT2D eigenvalue weighted by Gasteiger charge is 2.22. The van der Waals surface area contributed by atoms with Gasteiger partial charge in [-0.05, 0) is 31.2 Å². The van der Waals surface area contributed by atoms with E-state index in [2.05, 4.69) is 15.5 Å². The summed E-state index contributed by atoms with van der Waals surface area (Å²) in [7, 11) is 0. The third kappa shape index (κ3) is 3.48. The number of rotatable bonds is 3. The highest BCUT2D eigenvalue weighted by atomic mass is 35.5. The number of ether oxygens (including phenoxy) is 1. The minimum atomic E-state index is 0.0581. The van der Waals surface area contributed by atoms with Crippen molar-refractivity contribution >= 4 is 28.9 Å². The van der Waals surface area contributed by atoms with Gasteiger partial charge >= 0.3 is 0 Å². The fourth-order valence-corrected chi connectivity index (χ4v) is 3.07. The molecule has 21 heavy (non-hydrogen) atoms. The van der Waals surface area contributed by atoms with Gasteiger partial charge in [-0.3, -0.25) is 4.79 Å². The maximum Gasteiger partial charge on any atom is 0.228 e. The molecule has 1 aromatic rings. The van der Waals surface area contributed by atoms with E-state index in [9.17, 15) is 4.79 Å². The molecule has 2 heterocycles. The lowest BCUT2D eigenvalue weighted by atomic mass is 10.1. The van der Waals surface area contributed by atoms with Crippen LogP contribution in [0.1, 0.15) is 6.42 Å². The second-order valence-corrected chi connectivity index (χ2v) is 5.85. The van der Waals surface area contributed by atoms with Crippen molar-refractivity contribution in [3.8, 4) is 0 Å². The first-order chi connectivity index (χ1) is 10.2. The van der Waals surface area contributed by atoms with Gasteiger partial charge in [0.2, 0.25) is 5.91 Å². The van der Waals surface area contributed by atoms with E-state index >= 15 is 0 Å². The summed E-state index contributed by atoms with van der Waals surface area (Å²) in [5.41, 5.74) is 1.76. The maximum atomic E-state index is 12.1. The molecule has 0 bridgehead atoms. The van der Waals surface area contributed by atoms with Gasteiger partial charge < -0.3 is 20.3 Å². The first-order valence-corrected chi connectivity index (χ1v) is 7.75. The number of amides is 1. The van der Waals surface area contributed by atoms with E-state index in [0.717, 1.165) is 57.2 Å². The third-order valence-electron chi connectivity index (χ3n) is 4.00. The molecule has 6 heteroatoms. The lowest BCUT2D eigenvalue weighted by Gasteiger charge is -2.29. The molecule has 2 saturated heterocycles. The molecule has 0 aliphatic carbocycles. The Morgan fingerprint density at radius 2 is 2.19 bits per heavy atom. The largest absolute Gasteiger partial charge is 0.378 e. The zero-order valence-electron chi connectivity index (χ0n) is 11.9. The molecule has 1 aromatic carbocycles. The normalized spacial score (nSPS) is 22.3. The minimum Gasteiger partial charge on any atom is -0.378 e. The van der Waals surface area contributed by atoms with E-state index < -0.39 is 0 Å². The van der Waals surface area contributed by atoms with Gasteiger partial charge in [-0.15, -0.1) is 0 Å². The van der Waals surface area contributed by atoms with E-state index in [1.54, 1.807) is 0 Å². The van der Waals surface area contributed by atoms with Crippen LogP contribution in [0.2, 0.25) is 5.02 Å². The molecule has 0 unspecified atom stereocenters. The molecule has 2 N–H and O–H groups in total. The molecule has 0 spiro atoms. The summed E-state index contributed by atoms with van der Waals surface area (Å²) in [4.78, 5) is 14.3. The summed E-state index contributed by atoms with van der Waals surface area (Å²) < 4.78 is 5.35. The van der Waals surface area contributed by atoms with Crippen LogP contribution in [-0.2, 0) is 9.53 Å². The van der Waals surface area contributed by atoms with E-state index in [1.165, 1.54) is 0 Å². The zero-order chi connectivity index (χ0) is 14.7. The second kappa shape index (κ2) is 6.64. The predicted molar refractivity (Wildman–Crippen MR) is 84.1 cm³/mol. The molecule has 2 fully saturated rings. The van der Waals surface area contributed by atoms with Crippen molar-refractivity contribution < 1.29 is 9.53 Å². The van der Waals surface area contributed by atoms with Crippen molar-refractivity contribution in [2.24, 2.45) is 5.92 Å². The van der Waals surface area contributed by atoms with E-state index in [0.29, 0.717) is 5.02 Å². The van der Waals surface area contributed by atoms with Crippen molar-refractivity contribution in [1.82, 2.24) is 5.32 Å². The number of anilines is 2. The Hall–Kier alpha value is -1.30. The van der Waals surface area contributed by atoms with Crippen LogP contribution in [0.4, 0.5) is 11.4 Å². The van der Waals surface area contributed by atoms with Crippen LogP contribution < -0.4 is 15.5 Å². The summed E-state index contributed by atoms with van der Waals surface area (Å²) in [6.07, 6.45) is 0.894. The molecule has 2 aliphatic rings. The number of carbonyl (C=O) groups excluding carboxylic acids is 1. The second-order valence-electron chi connectivity index (χ2n) is 5.44. The average Bonchev–Trinajstić information content (AvgIpc) is 3.02. The summed E-state index contributed by atoms with van der Waals surface area (Å²) in [6, 6.07) is 5.71. The first-order valence-electron chi connectivity index (χ1n) is 7.38. The predicted octanol–water partition coefficient (Wildman–Crippen LogP) is 1.72. The number of morpholine rings is 1. The Labute approximate surface area is 129 Å². The van der Waals surface area contributed by atoms with Crippen LogP contribution in [-0.4, -0.2) is 45.3 Å². The first kappa shape index (κ1) is 14.6. The zero-order valence-corrected chi connectivity index (χ0v) is 12.7. The Bertz CT molecular complexity index is 512. The van der Waals surface area contributed by atoms with Crippen molar-refractivity contribution in [2.45, 2.75) is 6.42 Å². The van der Waals surface area contributed by atoms with Crippen LogP contribution in [0, 0.1) is 5.92 Å². The standard InChI is InChI=1S/C15H20ClN3O2/c16-13-9-12(18-15(20)11-3-4-17-10-11)1-2-14(13)19-5-7-21-8-6-19/h1-2,9,11,17H,3-8,10H2,(H,18,20)/t11-/m1/s1. The maximum absolute atomic E-state index is 12.1. The van der Waals surface area contributed by atoms with E-state index in [4.69, 9.17) is 16.3 Å². The fraction of sp³-hybridized carbons (Fsp3) is 0.533. The van der Waals surface area contributed by atoms with Gasteiger partial charge in [0.1, 0.15) is 0 Å². The summed E-state index contributed by atoms with van der Waals surface area (Å²) >= 11 is 6.36. The van der Waals surface area contributed by atoms with Gasteiger partial charge in [-0.25, -0.2) is 0 Å². The van der Waals surface area contributed by atoms with Crippen molar-refractivity contribution in [2.75, 3.05) is 49.6 Å². The lowest BCUT2D eigenvalue weighted by Crippen LogP contribution is -2.36. The highest BCUT2D eigenvalue weighted by Crippen LogP contribution is 2.29. The Morgan fingerprint density at radius 3 is 2.86 bits per heavy atom. The van der Waals surface area contributed by atoms with Gasteiger partial charge in [0, 0.05) is 25.3 Å². The highest BCUT2D eigenvalue weighted by molar-refractivity contribution is 6.33. The van der Waals surface area contributed by atoms with Crippen molar-refractivity contribution in [1.29, 1.82) is 0 Å². The van der Waals surface area contributed by atoms with E-state index in [-0.39, 0.29) is 11.8 Å². The quantitative estimate of drug-likeness (QED) is 0.893. The van der Waals surface area contributed by atoms with Gasteiger partial charge in [-0.1, -0.05) is 11.6 Å². The number of carbonyl (C=O) groups is 1. The number of hydrogen-bond acceptors (Lipinski definition) is 4. The van der Waals surface area contributed by atoms with Crippen LogP contribution in [0.3, 0.4) is 0 Å². The Kier molecular flexibility index (Phi) is 4.63. The molecule has 3 rings (SSSR count). The third-order valence-corrected chi connectivity index (χ3v) is 4.30. The number of nitrogens with one attached hydrogen (secondary N) is 2. The molecule has 0 radical (unpaired) electrons. The summed E-state index contributed by atoms with van der Waals surface area (Å²) in [6.45, 7) is 4.81. The molecule has 1 amide bonds. The molecule has 114 valence electrons. The number of halogens is 1. The molecule has 0 aromatic heterocycles. The van der Waals surface area contributed by atoms with Gasteiger partial charge in [0.25, 0.3) is 0 Å². The fourth-order valence-electron chi connectivity index (χ4n) is 2.77. The molecule has 0 saturated carbocycles. The van der Waals surface area contributed by atoms with Gasteiger partial charge in [-0.2, -0.15) is 0 Å². The average molecular weight is 310 g/mol.